The number of nitrogens with zero attached hydrogens (tertiary/aromatic N) is 6. The molecule has 0 aromatic carbocycles. The first-order valence-electron chi connectivity index (χ1n) is 5.61. The molecule has 0 aliphatic rings. The third-order valence-electron chi connectivity index (χ3n) is 2.73. The van der Waals surface area contributed by atoms with Gasteiger partial charge in [0, 0.05) is 31.2 Å². The van der Waals surface area contributed by atoms with Gasteiger partial charge in [0.25, 0.3) is 5.78 Å². The van der Waals surface area contributed by atoms with Crippen LogP contribution < -0.4 is 5.32 Å². The van der Waals surface area contributed by atoms with E-state index in [0.29, 0.717) is 12.3 Å². The van der Waals surface area contributed by atoms with Crippen LogP contribution in [0, 0.1) is 6.92 Å². The van der Waals surface area contributed by atoms with E-state index in [4.69, 9.17) is 0 Å². The molecule has 3 aromatic rings. The highest BCUT2D eigenvalue weighted by molar-refractivity contribution is 5.44. The van der Waals surface area contributed by atoms with Crippen LogP contribution in [0.5, 0.6) is 0 Å². The number of rotatable bonds is 3. The van der Waals surface area contributed by atoms with Gasteiger partial charge in [-0.1, -0.05) is 0 Å². The Morgan fingerprint density at radius 2 is 2.22 bits per heavy atom. The number of hydrogen-bond donors (Lipinski definition) is 1. The third-order valence-corrected chi connectivity index (χ3v) is 2.73. The van der Waals surface area contributed by atoms with Crippen molar-refractivity contribution in [3.63, 3.8) is 0 Å². The minimum atomic E-state index is 0.595. The minimum Gasteiger partial charge on any atom is -0.363 e. The predicted molar refractivity (Wildman–Crippen MR) is 66.1 cm³/mol. The molecule has 0 unspecified atom stereocenters. The van der Waals surface area contributed by atoms with Crippen LogP contribution in [-0.2, 0) is 13.6 Å². The third kappa shape index (κ3) is 1.79. The molecule has 7 heteroatoms. The van der Waals surface area contributed by atoms with Crippen LogP contribution in [-0.4, -0.2) is 29.1 Å². The summed E-state index contributed by atoms with van der Waals surface area (Å²) in [4.78, 5) is 12.6. The van der Waals surface area contributed by atoms with Crippen molar-refractivity contribution in [3.05, 3.63) is 36.3 Å². The van der Waals surface area contributed by atoms with Gasteiger partial charge in [-0.15, -0.1) is 0 Å². The van der Waals surface area contributed by atoms with E-state index in [0.717, 1.165) is 17.3 Å². The van der Waals surface area contributed by atoms with Crippen LogP contribution in [0.15, 0.2) is 24.8 Å². The Morgan fingerprint density at radius 1 is 1.33 bits per heavy atom. The average molecular weight is 243 g/mol. The van der Waals surface area contributed by atoms with E-state index in [1.165, 1.54) is 6.33 Å². The molecule has 0 radical (unpaired) electrons. The first-order valence-corrected chi connectivity index (χ1v) is 5.61. The highest BCUT2D eigenvalue weighted by Gasteiger charge is 2.06. The van der Waals surface area contributed by atoms with Crippen molar-refractivity contribution in [3.8, 4) is 0 Å². The van der Waals surface area contributed by atoms with Crippen molar-refractivity contribution >= 4 is 11.6 Å². The van der Waals surface area contributed by atoms with E-state index < -0.39 is 0 Å². The summed E-state index contributed by atoms with van der Waals surface area (Å²) in [6.07, 6.45) is 5.19. The molecule has 3 aromatic heterocycles. The minimum absolute atomic E-state index is 0.595. The fourth-order valence-electron chi connectivity index (χ4n) is 1.79. The van der Waals surface area contributed by atoms with Crippen molar-refractivity contribution < 1.29 is 0 Å². The van der Waals surface area contributed by atoms with E-state index in [2.05, 4.69) is 25.4 Å². The van der Waals surface area contributed by atoms with Gasteiger partial charge in [0.05, 0.1) is 6.54 Å². The van der Waals surface area contributed by atoms with Crippen LogP contribution in [0.3, 0.4) is 0 Å². The zero-order valence-electron chi connectivity index (χ0n) is 10.2. The highest BCUT2D eigenvalue weighted by Crippen LogP contribution is 2.11. The molecule has 18 heavy (non-hydrogen) atoms. The Labute approximate surface area is 104 Å². The molecule has 1 N–H and O–H groups in total. The molecule has 0 aliphatic heterocycles. The largest absolute Gasteiger partial charge is 0.363 e. The van der Waals surface area contributed by atoms with Crippen LogP contribution in [0.2, 0.25) is 0 Å². The maximum absolute atomic E-state index is 4.29. The standard InChI is InChI=1S/C11H13N7/c1-8-5-9(18-11(16-8)14-7-15-18)13-6-10-12-3-4-17(10)2/h3-5,7,13H,6H2,1-2H3. The van der Waals surface area contributed by atoms with Crippen LogP contribution in [0.25, 0.3) is 5.78 Å². The monoisotopic (exact) mass is 243 g/mol. The van der Waals surface area contributed by atoms with Crippen molar-refractivity contribution in [2.24, 2.45) is 7.05 Å². The summed E-state index contributed by atoms with van der Waals surface area (Å²) >= 11 is 0. The molecule has 0 amide bonds. The molecule has 7 nitrogen and oxygen atoms in total. The van der Waals surface area contributed by atoms with Gasteiger partial charge >= 0.3 is 0 Å². The van der Waals surface area contributed by atoms with Gasteiger partial charge in [0.1, 0.15) is 18.0 Å². The second-order valence-electron chi connectivity index (χ2n) is 4.06. The summed E-state index contributed by atoms with van der Waals surface area (Å²) < 4.78 is 3.65. The number of aryl methyl sites for hydroxylation is 2. The van der Waals surface area contributed by atoms with E-state index in [1.807, 2.05) is 30.8 Å². The lowest BCUT2D eigenvalue weighted by molar-refractivity contribution is 0.804. The summed E-state index contributed by atoms with van der Waals surface area (Å²) in [5.41, 5.74) is 0.901. The Morgan fingerprint density at radius 3 is 3.00 bits per heavy atom. The van der Waals surface area contributed by atoms with Gasteiger partial charge in [0.15, 0.2) is 0 Å². The van der Waals surface area contributed by atoms with Gasteiger partial charge in [-0.2, -0.15) is 14.6 Å². The summed E-state index contributed by atoms with van der Waals surface area (Å²) in [6, 6.07) is 1.94. The van der Waals surface area contributed by atoms with Crippen molar-refractivity contribution in [1.29, 1.82) is 0 Å². The summed E-state index contributed by atoms with van der Waals surface area (Å²) in [7, 11) is 1.97. The first kappa shape index (κ1) is 10.7. The summed E-state index contributed by atoms with van der Waals surface area (Å²) in [5.74, 6) is 2.41. The number of aromatic nitrogens is 6. The molecule has 0 fully saturated rings. The molecule has 0 saturated heterocycles. The average Bonchev–Trinajstić information content (AvgIpc) is 2.94. The Bertz CT molecular complexity index is 682. The molecule has 3 heterocycles. The van der Waals surface area contributed by atoms with Gasteiger partial charge < -0.3 is 9.88 Å². The quantitative estimate of drug-likeness (QED) is 0.736. The van der Waals surface area contributed by atoms with E-state index in [1.54, 1.807) is 10.7 Å². The van der Waals surface area contributed by atoms with Gasteiger partial charge in [-0.25, -0.2) is 9.97 Å². The second-order valence-corrected chi connectivity index (χ2v) is 4.06. The summed E-state index contributed by atoms with van der Waals surface area (Å²) in [5, 5.41) is 7.43. The lowest BCUT2D eigenvalue weighted by atomic mass is 10.4. The van der Waals surface area contributed by atoms with Gasteiger partial charge in [-0.3, -0.25) is 0 Å². The lowest BCUT2D eigenvalue weighted by Gasteiger charge is -2.08. The Balaban J connectivity index is 1.90. The number of nitrogens with one attached hydrogen (secondary N) is 1. The molecule has 0 saturated carbocycles. The van der Waals surface area contributed by atoms with Gasteiger partial charge in [-0.05, 0) is 6.92 Å². The van der Waals surface area contributed by atoms with Crippen molar-refractivity contribution in [2.75, 3.05) is 5.32 Å². The molecule has 0 aliphatic carbocycles. The predicted octanol–water partition coefficient (Wildman–Crippen LogP) is 0.778. The van der Waals surface area contributed by atoms with E-state index in [-0.39, 0.29) is 0 Å². The van der Waals surface area contributed by atoms with E-state index >= 15 is 0 Å². The smallest absolute Gasteiger partial charge is 0.254 e. The molecule has 0 spiro atoms. The number of imidazole rings is 1. The fourth-order valence-corrected chi connectivity index (χ4v) is 1.79. The van der Waals surface area contributed by atoms with Crippen molar-refractivity contribution in [1.82, 2.24) is 29.1 Å². The van der Waals surface area contributed by atoms with Crippen LogP contribution >= 0.6 is 0 Å². The Hall–Kier alpha value is -2.44. The SMILES string of the molecule is Cc1cc(NCc2nccn2C)n2ncnc2n1. The van der Waals surface area contributed by atoms with Crippen molar-refractivity contribution in [2.45, 2.75) is 13.5 Å². The zero-order chi connectivity index (χ0) is 12.5. The van der Waals surface area contributed by atoms with Gasteiger partial charge in [0.2, 0.25) is 0 Å². The fraction of sp³-hybridized carbons (Fsp3) is 0.273. The molecule has 3 rings (SSSR count). The Kier molecular flexibility index (Phi) is 2.44. The normalized spacial score (nSPS) is 11.0. The number of fused-ring (bicyclic) bond motifs is 1. The molecule has 92 valence electrons. The molecular formula is C11H13N7. The zero-order valence-corrected chi connectivity index (χ0v) is 10.2. The lowest BCUT2D eigenvalue weighted by Crippen LogP contribution is -2.10. The number of anilines is 1. The topological polar surface area (TPSA) is 72.9 Å². The second kappa shape index (κ2) is 4.10. The number of hydrogen-bond acceptors (Lipinski definition) is 5. The summed E-state index contributed by atoms with van der Waals surface area (Å²) in [6.45, 7) is 2.56. The van der Waals surface area contributed by atoms with Crippen LogP contribution in [0.4, 0.5) is 5.82 Å². The maximum Gasteiger partial charge on any atom is 0.254 e. The first-order chi connectivity index (χ1) is 8.74. The molecule has 0 atom stereocenters. The van der Waals surface area contributed by atoms with E-state index in [9.17, 15) is 0 Å². The molecule has 0 bridgehead atoms. The maximum atomic E-state index is 4.29. The molecular weight excluding hydrogens is 230 g/mol. The highest BCUT2D eigenvalue weighted by atomic mass is 15.4. The van der Waals surface area contributed by atoms with Crippen LogP contribution in [0.1, 0.15) is 11.5 Å².